The zero-order valence-electron chi connectivity index (χ0n) is 10.7. The van der Waals surface area contributed by atoms with E-state index in [0.717, 1.165) is 5.56 Å². The summed E-state index contributed by atoms with van der Waals surface area (Å²) in [5.74, 6) is 1.49. The Labute approximate surface area is 117 Å². The van der Waals surface area contributed by atoms with Crippen molar-refractivity contribution in [2.75, 3.05) is 12.4 Å². The third kappa shape index (κ3) is 3.23. The molecule has 0 saturated heterocycles. The normalized spacial score (nSPS) is 10.7. The monoisotopic (exact) mass is 275 g/mol. The van der Waals surface area contributed by atoms with Crippen molar-refractivity contribution in [3.05, 3.63) is 47.1 Å². The molecule has 0 bridgehead atoms. The van der Waals surface area contributed by atoms with E-state index < -0.39 is 0 Å². The van der Waals surface area contributed by atoms with Gasteiger partial charge in [0.1, 0.15) is 10.8 Å². The number of ether oxygens (including phenoxy) is 1. The molecule has 2 aromatic rings. The number of aromatic nitrogens is 2. The van der Waals surface area contributed by atoms with Crippen LogP contribution in [0.5, 0.6) is 11.6 Å². The minimum absolute atomic E-state index is 0.331. The third-order valence-electron chi connectivity index (χ3n) is 2.41. The average Bonchev–Trinajstić information content (AvgIpc) is 2.43. The number of halogens is 1. The van der Waals surface area contributed by atoms with Crippen molar-refractivity contribution in [2.45, 2.75) is 6.92 Å². The first-order valence-corrected chi connectivity index (χ1v) is 6.22. The van der Waals surface area contributed by atoms with Crippen LogP contribution in [-0.2, 0) is 0 Å². The lowest BCUT2D eigenvalue weighted by Gasteiger charge is -2.09. The van der Waals surface area contributed by atoms with Gasteiger partial charge in [-0.05, 0) is 13.0 Å². The first-order chi connectivity index (χ1) is 9.24. The first-order valence-electron chi connectivity index (χ1n) is 5.84. The molecule has 0 radical (unpaired) electrons. The van der Waals surface area contributed by atoms with E-state index in [-0.39, 0.29) is 0 Å². The van der Waals surface area contributed by atoms with Crippen LogP contribution in [-0.4, -0.2) is 17.0 Å². The van der Waals surface area contributed by atoms with E-state index in [1.54, 1.807) is 7.05 Å². The van der Waals surface area contributed by atoms with E-state index in [0.29, 0.717) is 22.6 Å². The molecule has 1 aromatic carbocycles. The van der Waals surface area contributed by atoms with Crippen molar-refractivity contribution in [3.63, 3.8) is 0 Å². The molecule has 0 aliphatic rings. The quantitative estimate of drug-likeness (QED) is 0.916. The Kier molecular flexibility index (Phi) is 4.36. The van der Waals surface area contributed by atoms with Crippen LogP contribution >= 0.6 is 11.6 Å². The van der Waals surface area contributed by atoms with E-state index in [2.05, 4.69) is 15.3 Å². The molecule has 1 N–H and O–H groups in total. The summed E-state index contributed by atoms with van der Waals surface area (Å²) in [6.07, 6.45) is 5.42. The number of nitrogens with one attached hydrogen (secondary N) is 1. The summed E-state index contributed by atoms with van der Waals surface area (Å²) >= 11 is 6.04. The van der Waals surface area contributed by atoms with E-state index in [4.69, 9.17) is 16.3 Å². The molecule has 0 aliphatic carbocycles. The van der Waals surface area contributed by atoms with Gasteiger partial charge in [0.25, 0.3) is 0 Å². The number of anilines is 1. The van der Waals surface area contributed by atoms with Gasteiger partial charge < -0.3 is 10.1 Å². The Morgan fingerprint density at radius 2 is 2.11 bits per heavy atom. The average molecular weight is 276 g/mol. The van der Waals surface area contributed by atoms with Crippen molar-refractivity contribution in [1.29, 1.82) is 0 Å². The number of allylic oxidation sites excluding steroid dienone is 1. The molecular formula is C14H14ClN3O. The highest BCUT2D eigenvalue weighted by Gasteiger charge is 2.09. The molecule has 1 aromatic heterocycles. The fourth-order valence-corrected chi connectivity index (χ4v) is 1.67. The Balaban J connectivity index is 2.35. The molecule has 4 nitrogen and oxygen atoms in total. The second kappa shape index (κ2) is 6.20. The van der Waals surface area contributed by atoms with Crippen LogP contribution in [0, 0.1) is 0 Å². The van der Waals surface area contributed by atoms with E-state index in [9.17, 15) is 0 Å². The van der Waals surface area contributed by atoms with Gasteiger partial charge in [0, 0.05) is 12.6 Å². The number of hydrogen-bond donors (Lipinski definition) is 1. The maximum Gasteiger partial charge on any atom is 0.243 e. The van der Waals surface area contributed by atoms with Crippen molar-refractivity contribution < 1.29 is 4.74 Å². The Hall–Kier alpha value is -2.07. The van der Waals surface area contributed by atoms with Gasteiger partial charge in [0.05, 0.1) is 6.20 Å². The van der Waals surface area contributed by atoms with Gasteiger partial charge in [-0.25, -0.2) is 4.98 Å². The molecule has 2 rings (SSSR count). The zero-order valence-corrected chi connectivity index (χ0v) is 11.5. The smallest absolute Gasteiger partial charge is 0.243 e. The summed E-state index contributed by atoms with van der Waals surface area (Å²) in [5.41, 5.74) is 0.964. The summed E-state index contributed by atoms with van der Waals surface area (Å²) in [7, 11) is 1.74. The molecule has 0 amide bonds. The van der Waals surface area contributed by atoms with Crippen LogP contribution in [0.3, 0.4) is 0 Å². The van der Waals surface area contributed by atoms with Gasteiger partial charge in [0.15, 0.2) is 0 Å². The SMILES string of the molecule is C/C=C/c1ccccc1Oc1nc(NC)ncc1Cl. The summed E-state index contributed by atoms with van der Waals surface area (Å²) < 4.78 is 5.76. The maximum absolute atomic E-state index is 6.04. The van der Waals surface area contributed by atoms with Gasteiger partial charge in [-0.15, -0.1) is 0 Å². The highest BCUT2D eigenvalue weighted by atomic mass is 35.5. The fourth-order valence-electron chi connectivity index (χ4n) is 1.54. The van der Waals surface area contributed by atoms with E-state index >= 15 is 0 Å². The predicted molar refractivity (Wildman–Crippen MR) is 77.8 cm³/mol. The predicted octanol–water partition coefficient (Wildman–Crippen LogP) is 4.00. The Morgan fingerprint density at radius 1 is 1.32 bits per heavy atom. The Morgan fingerprint density at radius 3 is 2.84 bits per heavy atom. The topological polar surface area (TPSA) is 47.0 Å². The van der Waals surface area contributed by atoms with Crippen LogP contribution in [0.4, 0.5) is 5.95 Å². The van der Waals surface area contributed by atoms with E-state index in [1.807, 2.05) is 43.3 Å². The Bertz CT molecular complexity index is 599. The number of rotatable bonds is 4. The van der Waals surface area contributed by atoms with Crippen molar-refractivity contribution >= 4 is 23.6 Å². The van der Waals surface area contributed by atoms with Gasteiger partial charge in [-0.1, -0.05) is 42.0 Å². The largest absolute Gasteiger partial charge is 0.437 e. The lowest BCUT2D eigenvalue weighted by molar-refractivity contribution is 0.461. The van der Waals surface area contributed by atoms with Crippen LogP contribution in [0.25, 0.3) is 6.08 Å². The summed E-state index contributed by atoms with van der Waals surface area (Å²) in [6, 6.07) is 7.68. The van der Waals surface area contributed by atoms with Gasteiger partial charge in [-0.2, -0.15) is 4.98 Å². The van der Waals surface area contributed by atoms with Crippen LogP contribution in [0.2, 0.25) is 5.02 Å². The highest BCUT2D eigenvalue weighted by Crippen LogP contribution is 2.30. The summed E-state index contributed by atoms with van der Waals surface area (Å²) in [4.78, 5) is 8.20. The lowest BCUT2D eigenvalue weighted by atomic mass is 10.2. The number of benzene rings is 1. The molecule has 0 unspecified atom stereocenters. The van der Waals surface area contributed by atoms with Gasteiger partial charge >= 0.3 is 0 Å². The van der Waals surface area contributed by atoms with Crippen LogP contribution in [0.1, 0.15) is 12.5 Å². The third-order valence-corrected chi connectivity index (χ3v) is 2.67. The second-order valence-electron chi connectivity index (χ2n) is 3.74. The molecule has 19 heavy (non-hydrogen) atoms. The van der Waals surface area contributed by atoms with Crippen molar-refractivity contribution in [3.8, 4) is 11.6 Å². The first kappa shape index (κ1) is 13.4. The molecular weight excluding hydrogens is 262 g/mol. The van der Waals surface area contributed by atoms with Crippen molar-refractivity contribution in [2.24, 2.45) is 0 Å². The minimum Gasteiger partial charge on any atom is -0.437 e. The molecule has 5 heteroatoms. The lowest BCUT2D eigenvalue weighted by Crippen LogP contribution is -1.98. The molecule has 0 spiro atoms. The molecule has 0 atom stereocenters. The molecule has 98 valence electrons. The number of hydrogen-bond acceptors (Lipinski definition) is 4. The highest BCUT2D eigenvalue weighted by molar-refractivity contribution is 6.31. The second-order valence-corrected chi connectivity index (χ2v) is 4.14. The molecule has 0 aliphatic heterocycles. The van der Waals surface area contributed by atoms with Crippen LogP contribution < -0.4 is 10.1 Å². The summed E-state index contributed by atoms with van der Waals surface area (Å²) in [5, 5.41) is 3.21. The van der Waals surface area contributed by atoms with Gasteiger partial charge in [0.2, 0.25) is 11.8 Å². The summed E-state index contributed by atoms with van der Waals surface area (Å²) in [6.45, 7) is 1.95. The molecule has 0 fully saturated rings. The molecule has 0 saturated carbocycles. The number of nitrogens with zero attached hydrogens (tertiary/aromatic N) is 2. The maximum atomic E-state index is 6.04. The van der Waals surface area contributed by atoms with Crippen LogP contribution in [0.15, 0.2) is 36.5 Å². The number of para-hydroxylation sites is 1. The standard InChI is InChI=1S/C14H14ClN3O/c1-3-6-10-7-4-5-8-12(10)19-13-11(15)9-17-14(16-2)18-13/h3-9H,1-2H3,(H,16,17,18)/b6-3+. The van der Waals surface area contributed by atoms with Gasteiger partial charge in [-0.3, -0.25) is 0 Å². The van der Waals surface area contributed by atoms with E-state index in [1.165, 1.54) is 6.20 Å². The molecule has 1 heterocycles. The zero-order chi connectivity index (χ0) is 13.7. The minimum atomic E-state index is 0.331. The van der Waals surface area contributed by atoms with Crippen molar-refractivity contribution in [1.82, 2.24) is 9.97 Å². The fraction of sp³-hybridized carbons (Fsp3) is 0.143.